The van der Waals surface area contributed by atoms with Crippen LogP contribution in [0.5, 0.6) is 0 Å². The number of hydrogen-bond acceptors (Lipinski definition) is 15. The SMILES string of the molecule is Cc1cn2nc([C@@H]3CCCCN3)cc2nc1N1CC[C@H](NC(=O)OC(C)(C)C)C1.Cc1cn2nc([C@@H]3CCCCN3C(=O)c3cc(Cl)ccc3N)cc2nc1N1CC[C@H](NC(=O)OC(C)(C)C)C1.Nc1ccc(Cl)cc1C(=O)O. The number of hydrogen-bond donors (Lipinski definition) is 6. The van der Waals surface area contributed by atoms with Crippen molar-refractivity contribution >= 4 is 81.6 Å². The highest BCUT2D eigenvalue weighted by molar-refractivity contribution is 6.31. The largest absolute Gasteiger partial charge is 0.478 e. The van der Waals surface area contributed by atoms with E-state index in [1.165, 1.54) is 25.0 Å². The number of carbonyl (C=O) groups is 4. The summed E-state index contributed by atoms with van der Waals surface area (Å²) < 4.78 is 14.5. The molecule has 4 saturated heterocycles. The third-order valence-corrected chi connectivity index (χ3v) is 14.4. The van der Waals surface area contributed by atoms with Gasteiger partial charge in [0.2, 0.25) is 0 Å². The number of nitrogens with zero attached hydrogens (tertiary/aromatic N) is 9. The van der Waals surface area contributed by atoms with Gasteiger partial charge in [-0.3, -0.25) is 4.79 Å². The van der Waals surface area contributed by atoms with Crippen LogP contribution in [0.2, 0.25) is 10.0 Å². The first-order valence-corrected chi connectivity index (χ1v) is 27.7. The molecule has 424 valence electrons. The third kappa shape index (κ3) is 15.0. The minimum atomic E-state index is -1.06. The van der Waals surface area contributed by atoms with Gasteiger partial charge in [0.05, 0.1) is 46.7 Å². The number of halogens is 2. The van der Waals surface area contributed by atoms with Crippen LogP contribution in [0, 0.1) is 13.8 Å². The normalized spacial score (nSPS) is 19.5. The minimum absolute atomic E-state index is 0.0153. The zero-order valence-corrected chi connectivity index (χ0v) is 47.8. The third-order valence-electron chi connectivity index (χ3n) is 13.9. The molecule has 23 heteroatoms. The lowest BCUT2D eigenvalue weighted by molar-refractivity contribution is 0.0497. The van der Waals surface area contributed by atoms with Crippen molar-refractivity contribution in [3.05, 3.63) is 105 Å². The number of carboxylic acids is 1. The number of piperidine rings is 2. The Morgan fingerprint density at radius 1 is 0.658 bits per heavy atom. The van der Waals surface area contributed by atoms with Crippen LogP contribution in [0.4, 0.5) is 32.6 Å². The molecule has 2 aromatic carbocycles. The lowest BCUT2D eigenvalue weighted by Gasteiger charge is -2.35. The molecule has 4 aliphatic heterocycles. The van der Waals surface area contributed by atoms with Crippen LogP contribution in [0.1, 0.15) is 148 Å². The summed E-state index contributed by atoms with van der Waals surface area (Å²) in [6.45, 7) is 19.9. The van der Waals surface area contributed by atoms with Gasteiger partial charge in [0.1, 0.15) is 22.8 Å². The number of nitrogens with two attached hydrogens (primary N) is 2. The number of alkyl carbamates (subject to hydrolysis) is 2. The van der Waals surface area contributed by atoms with Gasteiger partial charge < -0.3 is 56.7 Å². The Morgan fingerprint density at radius 3 is 1.65 bits per heavy atom. The van der Waals surface area contributed by atoms with Gasteiger partial charge in [-0.1, -0.05) is 29.6 Å². The second-order valence-corrected chi connectivity index (χ2v) is 23.5. The number of fused-ring (bicyclic) bond motifs is 2. The zero-order valence-electron chi connectivity index (χ0n) is 46.3. The minimum Gasteiger partial charge on any atom is -0.478 e. The van der Waals surface area contributed by atoms with Crippen LogP contribution in [0.15, 0.2) is 60.9 Å². The van der Waals surface area contributed by atoms with E-state index in [1.807, 2.05) is 70.1 Å². The first kappa shape index (κ1) is 58.1. The van der Waals surface area contributed by atoms with Gasteiger partial charge in [-0.15, -0.1) is 0 Å². The van der Waals surface area contributed by atoms with E-state index in [9.17, 15) is 19.2 Å². The average Bonchev–Trinajstić information content (AvgIpc) is 4.35. The summed E-state index contributed by atoms with van der Waals surface area (Å²) in [6, 6.07) is 13.6. The number of nitrogen functional groups attached to an aromatic ring is 2. The summed E-state index contributed by atoms with van der Waals surface area (Å²) in [5.41, 5.74) is 17.1. The fourth-order valence-corrected chi connectivity index (χ4v) is 10.6. The van der Waals surface area contributed by atoms with Gasteiger partial charge >= 0.3 is 18.2 Å². The molecule has 4 fully saturated rings. The quantitative estimate of drug-likeness (QED) is 0.0775. The van der Waals surface area contributed by atoms with Gasteiger partial charge in [0.25, 0.3) is 5.91 Å². The maximum Gasteiger partial charge on any atom is 0.407 e. The monoisotopic (exact) mass is 1120 g/mol. The van der Waals surface area contributed by atoms with Crippen molar-refractivity contribution in [1.29, 1.82) is 0 Å². The Labute approximate surface area is 470 Å². The fraction of sp³-hybridized carbons (Fsp3) is 0.500. The Morgan fingerprint density at radius 2 is 1.15 bits per heavy atom. The average molecular weight is 1130 g/mol. The molecule has 8 N–H and O–H groups in total. The van der Waals surface area contributed by atoms with Crippen molar-refractivity contribution in [2.75, 3.05) is 60.5 Å². The molecular weight excluding hydrogens is 1050 g/mol. The Kier molecular flexibility index (Phi) is 18.0. The van der Waals surface area contributed by atoms with E-state index in [4.69, 9.17) is 69.4 Å². The maximum absolute atomic E-state index is 13.5. The molecule has 0 bridgehead atoms. The second kappa shape index (κ2) is 24.5. The smallest absolute Gasteiger partial charge is 0.407 e. The Hall–Kier alpha value is -7.10. The van der Waals surface area contributed by atoms with Crippen molar-refractivity contribution in [1.82, 2.24) is 50.0 Å². The number of rotatable bonds is 8. The van der Waals surface area contributed by atoms with Crippen LogP contribution in [-0.4, -0.2) is 126 Å². The van der Waals surface area contributed by atoms with E-state index in [2.05, 4.69) is 44.9 Å². The Bertz CT molecular complexity index is 3180. The molecule has 4 atom stereocenters. The number of aromatic nitrogens is 6. The number of nitrogens with one attached hydrogen (secondary N) is 3. The Balaban J connectivity index is 0.000000179. The van der Waals surface area contributed by atoms with Crippen LogP contribution in [0.3, 0.4) is 0 Å². The predicted octanol–water partition coefficient (Wildman–Crippen LogP) is 9.32. The van der Waals surface area contributed by atoms with E-state index in [0.717, 1.165) is 110 Å². The highest BCUT2D eigenvalue weighted by Crippen LogP contribution is 2.35. The van der Waals surface area contributed by atoms with Gasteiger partial charge in [0, 0.05) is 89.8 Å². The maximum atomic E-state index is 13.5. The zero-order chi connectivity index (χ0) is 56.9. The van der Waals surface area contributed by atoms with Gasteiger partial charge in [0.15, 0.2) is 11.3 Å². The van der Waals surface area contributed by atoms with Crippen molar-refractivity contribution in [2.45, 2.75) is 142 Å². The van der Waals surface area contributed by atoms with Crippen molar-refractivity contribution in [2.24, 2.45) is 0 Å². The van der Waals surface area contributed by atoms with E-state index in [1.54, 1.807) is 28.8 Å². The summed E-state index contributed by atoms with van der Waals surface area (Å²) in [7, 11) is 0. The molecule has 3 amide bonds. The molecule has 4 aromatic heterocycles. The number of carbonyl (C=O) groups excluding carboxylic acids is 3. The lowest BCUT2D eigenvalue weighted by atomic mass is 9.98. The number of ether oxygens (including phenoxy) is 2. The van der Waals surface area contributed by atoms with Crippen molar-refractivity contribution in [3.8, 4) is 0 Å². The number of aromatic carboxylic acids is 1. The van der Waals surface area contributed by atoms with Gasteiger partial charge in [-0.05, 0) is 143 Å². The molecule has 4 aliphatic rings. The van der Waals surface area contributed by atoms with E-state index in [0.29, 0.717) is 40.4 Å². The lowest BCUT2D eigenvalue weighted by Crippen LogP contribution is -2.40. The first-order chi connectivity index (χ1) is 37.4. The summed E-state index contributed by atoms with van der Waals surface area (Å²) in [5.74, 6) is 0.631. The molecule has 79 heavy (non-hydrogen) atoms. The van der Waals surface area contributed by atoms with Crippen LogP contribution in [-0.2, 0) is 9.47 Å². The highest BCUT2D eigenvalue weighted by atomic mass is 35.5. The number of aryl methyl sites for hydroxylation is 2. The number of amides is 3. The summed E-state index contributed by atoms with van der Waals surface area (Å²) in [4.78, 5) is 64.4. The van der Waals surface area contributed by atoms with Crippen molar-refractivity contribution < 1.29 is 33.8 Å². The molecular formula is C56H74Cl2N14O7. The standard InChI is InChI=1S/C28H36ClN7O3.C21H32N6O2.C7H6ClNO2/c1-17-15-36-24(32-25(17)34-12-10-19(16-34)31-27(38)39-28(2,3)4)14-22(33-36)23-7-5-6-11-35(23)26(37)20-13-18(29)8-9-21(20)30;1-14-12-27-18(11-17(25-27)16-7-5-6-9-22-16)24-19(14)26-10-8-15(13-26)23-20(28)29-21(2,3)4;8-4-1-2-6(9)5(3-4)7(10)11/h8-9,13-15,19,23H,5-7,10-12,16,30H2,1-4H3,(H,31,38);11-12,15-16,22H,5-10,13H2,1-4H3,(H,23,28);1-3H,9H2,(H,10,11)/t19-,23-;15-,16-;/m00./s1. The van der Waals surface area contributed by atoms with Gasteiger partial charge in [-0.2, -0.15) is 10.2 Å². The van der Waals surface area contributed by atoms with Crippen LogP contribution < -0.4 is 37.2 Å². The van der Waals surface area contributed by atoms with Gasteiger partial charge in [-0.25, -0.2) is 33.4 Å². The molecule has 0 radical (unpaired) electrons. The van der Waals surface area contributed by atoms with Crippen molar-refractivity contribution in [3.63, 3.8) is 0 Å². The summed E-state index contributed by atoms with van der Waals surface area (Å²) >= 11 is 11.7. The molecule has 10 rings (SSSR count). The number of anilines is 4. The number of carboxylic acid groups (broad SMARTS) is 1. The predicted molar refractivity (Wildman–Crippen MR) is 306 cm³/mol. The molecule has 21 nitrogen and oxygen atoms in total. The van der Waals surface area contributed by atoms with E-state index < -0.39 is 23.3 Å². The topological polar surface area (TPSA) is 265 Å². The number of benzene rings is 2. The highest BCUT2D eigenvalue weighted by Gasteiger charge is 2.34. The summed E-state index contributed by atoms with van der Waals surface area (Å²) in [6.07, 6.45) is 11.3. The molecule has 8 heterocycles. The van der Waals surface area contributed by atoms with Crippen LogP contribution >= 0.6 is 23.2 Å². The molecule has 6 aromatic rings. The van der Waals surface area contributed by atoms with Crippen LogP contribution in [0.25, 0.3) is 11.3 Å². The first-order valence-electron chi connectivity index (χ1n) is 27.0. The molecule has 0 aliphatic carbocycles. The van der Waals surface area contributed by atoms with E-state index in [-0.39, 0.29) is 41.4 Å². The summed E-state index contributed by atoms with van der Waals surface area (Å²) in [5, 5.41) is 28.5. The number of likely N-dealkylation sites (tertiary alicyclic amines) is 1. The second-order valence-electron chi connectivity index (χ2n) is 22.7. The molecule has 0 saturated carbocycles. The fourth-order valence-electron chi connectivity index (χ4n) is 10.3. The molecule has 0 unspecified atom stereocenters. The van der Waals surface area contributed by atoms with E-state index >= 15 is 0 Å². The molecule has 0 spiro atoms.